The molecule has 12 aromatic rings. The van der Waals surface area contributed by atoms with Gasteiger partial charge in [0, 0.05) is 121 Å². The summed E-state index contributed by atoms with van der Waals surface area (Å²) in [5.41, 5.74) is 18.4. The molecule has 0 atom stereocenters. The third kappa shape index (κ3) is 19.4. The van der Waals surface area contributed by atoms with Crippen molar-refractivity contribution in [3.63, 3.8) is 0 Å². The number of carbonyl (C=O) groups is 2. The number of pyridine rings is 3. The lowest BCUT2D eigenvalue weighted by Gasteiger charge is -2.31. The van der Waals surface area contributed by atoms with Crippen LogP contribution in [0.5, 0.6) is 0 Å². The molecule has 0 saturated heterocycles. The maximum Gasteiger partial charge on any atom is 0.410 e. The average Bonchev–Trinajstić information content (AvgIpc) is 1.62. The van der Waals surface area contributed by atoms with Crippen LogP contribution in [0.1, 0.15) is 175 Å². The second kappa shape index (κ2) is 34.6. The fraction of sp³-hybridized carbons (Fsp3) is 0.419. The summed E-state index contributed by atoms with van der Waals surface area (Å²) in [5.74, 6) is 2.83. The van der Waals surface area contributed by atoms with Gasteiger partial charge in [-0.15, -0.1) is 12.4 Å². The SMILES string of the molecule is CC(C)(C)OC(=O)N1CCc2cc(N)ccc2C1.CCn1c(=O)c2cnc(Nc3ccc4c(c3)CCN(C(=O)OC(C)(C)C)C4)nc2n1-c1cccc(C(C)(C)C)n1.CCn1c(=O)c2cnc(Nc3ccc4c(c3)CCNC4)nc2n1-c1cccc(C(C)(C)C)n1.CCn1c(=O)c2cnc(SC)nc2n1-c1cccc(C(C)(C)C)n1.Cl. The zero-order valence-corrected chi connectivity index (χ0v) is 71.6. The highest BCUT2D eigenvalue weighted by atomic mass is 35.5. The number of halogens is 1. The number of carbonyl (C=O) groups excluding carboxylic acids is 2. The van der Waals surface area contributed by atoms with Gasteiger partial charge in [-0.2, -0.15) is 9.97 Å². The van der Waals surface area contributed by atoms with E-state index in [4.69, 9.17) is 40.1 Å². The van der Waals surface area contributed by atoms with E-state index in [2.05, 4.69) is 116 Å². The van der Waals surface area contributed by atoms with Gasteiger partial charge in [-0.05, 0) is 201 Å². The van der Waals surface area contributed by atoms with Gasteiger partial charge >= 0.3 is 12.2 Å². The van der Waals surface area contributed by atoms with Crippen molar-refractivity contribution < 1.29 is 19.1 Å². The maximum absolute atomic E-state index is 13.2. The summed E-state index contributed by atoms with van der Waals surface area (Å²) in [6.45, 7) is 41.9. The zero-order chi connectivity index (χ0) is 82.8. The van der Waals surface area contributed by atoms with Crippen molar-refractivity contribution in [1.29, 1.82) is 0 Å². The number of ether oxygens (including phenoxy) is 2. The smallest absolute Gasteiger partial charge is 0.410 e. The molecule has 0 aliphatic carbocycles. The van der Waals surface area contributed by atoms with E-state index in [9.17, 15) is 24.0 Å². The standard InChI is InChI=1S/C30H37N7O3.C25H29N7O.C17H21N5OS.C14H20N2O2.ClH/c1-8-36-26(38)22-17-31-27(34-25(22)37(36)24-11-9-10-23(33-24)29(2,3)4)32-21-13-12-20-18-35(15-14-19(20)16-21)28(39)40-30(5,6)7;1-5-31-23(33)19-15-27-24(28-18-10-9-17-14-26-12-11-16(17)13-18)30-22(19)32(31)21-8-6-7-20(29-21)25(2,3)4;1-6-21-15(23)11-10-18-16(24-5)20-14(11)22(21)13-9-7-8-12(19-13)17(2,3)4;1-14(2,3)18-13(17)16-7-6-10-8-12(15)5-4-11(10)9-16;/h9-13,16-17H,8,14-15,18H2,1-7H3,(H,31,32,34);6-10,13,15,26H,5,11-12,14H2,1-4H3,(H,27,28,30);7-10H,6H2,1-5H3;4-5,8H,6-7,9,15H2,1-3H3;1H. The van der Waals surface area contributed by atoms with E-state index in [1.54, 1.807) is 56.5 Å². The molecular formula is C86H108ClN21O7S. The van der Waals surface area contributed by atoms with E-state index in [-0.39, 0.29) is 57.5 Å². The second-order valence-corrected chi connectivity index (χ2v) is 34.6. The number of aromatic nitrogens is 15. The Kier molecular flexibility index (Phi) is 25.6. The van der Waals surface area contributed by atoms with E-state index in [1.165, 1.54) is 28.5 Å². The fourth-order valence-electron chi connectivity index (χ4n) is 13.7. The first-order chi connectivity index (χ1) is 54.4. The largest absolute Gasteiger partial charge is 0.444 e. The van der Waals surface area contributed by atoms with Gasteiger partial charge in [-0.1, -0.05) is 110 Å². The van der Waals surface area contributed by atoms with Crippen molar-refractivity contribution in [1.82, 2.24) is 88.1 Å². The minimum atomic E-state index is -0.527. The van der Waals surface area contributed by atoms with Gasteiger partial charge in [-0.3, -0.25) is 14.4 Å². The lowest BCUT2D eigenvalue weighted by molar-refractivity contribution is 0.0214. The molecule has 12 heterocycles. The highest BCUT2D eigenvalue weighted by molar-refractivity contribution is 7.98. The van der Waals surface area contributed by atoms with Gasteiger partial charge in [0.2, 0.25) is 11.9 Å². The molecule has 3 aromatic carbocycles. The summed E-state index contributed by atoms with van der Waals surface area (Å²) in [6, 6.07) is 35.8. The van der Waals surface area contributed by atoms with Crippen LogP contribution in [0.15, 0.2) is 147 Å². The summed E-state index contributed by atoms with van der Waals surface area (Å²) >= 11 is 1.45. The molecule has 3 aliphatic heterocycles. The van der Waals surface area contributed by atoms with Crippen LogP contribution in [-0.4, -0.2) is 132 Å². The van der Waals surface area contributed by atoms with Gasteiger partial charge in [0.1, 0.15) is 27.4 Å². The molecule has 0 radical (unpaired) electrons. The third-order valence-electron chi connectivity index (χ3n) is 19.6. The van der Waals surface area contributed by atoms with Crippen LogP contribution in [0.25, 0.3) is 50.6 Å². The Balaban J connectivity index is 0.000000158. The topological polar surface area (TPSA) is 318 Å². The molecule has 28 nitrogen and oxygen atoms in total. The Bertz CT molecular complexity index is 5810. The number of nitrogen functional groups attached to an aromatic ring is 1. The van der Waals surface area contributed by atoms with Gasteiger partial charge in [0.05, 0.1) is 0 Å². The Morgan fingerprint density at radius 3 is 1.22 bits per heavy atom. The Labute approximate surface area is 686 Å². The van der Waals surface area contributed by atoms with E-state index in [0.29, 0.717) is 113 Å². The van der Waals surface area contributed by atoms with Crippen molar-refractivity contribution in [2.24, 2.45) is 0 Å². The Morgan fingerprint density at radius 1 is 0.466 bits per heavy atom. The van der Waals surface area contributed by atoms with Crippen LogP contribution >= 0.6 is 24.2 Å². The quantitative estimate of drug-likeness (QED) is 0.0531. The number of hydrogen-bond donors (Lipinski definition) is 4. The lowest BCUT2D eigenvalue weighted by Crippen LogP contribution is -2.39. The van der Waals surface area contributed by atoms with Crippen LogP contribution in [0.3, 0.4) is 0 Å². The first kappa shape index (κ1) is 85.6. The van der Waals surface area contributed by atoms with Crippen LogP contribution in [-0.2, 0) is 84.2 Å². The van der Waals surface area contributed by atoms with Crippen molar-refractivity contribution in [2.75, 3.05) is 42.3 Å². The van der Waals surface area contributed by atoms with E-state index >= 15 is 0 Å². The van der Waals surface area contributed by atoms with Crippen LogP contribution in [0, 0.1) is 0 Å². The average molecular weight is 1620 g/mol. The molecule has 116 heavy (non-hydrogen) atoms. The monoisotopic (exact) mass is 1610 g/mol. The molecule has 0 saturated carbocycles. The maximum atomic E-state index is 13.2. The molecule has 30 heteroatoms. The van der Waals surface area contributed by atoms with E-state index in [1.807, 2.05) is 160 Å². The molecular weight excluding hydrogens is 1510 g/mol. The van der Waals surface area contributed by atoms with E-state index in [0.717, 1.165) is 83.2 Å². The molecule has 0 unspecified atom stereocenters. The number of anilines is 5. The number of rotatable bonds is 11. The summed E-state index contributed by atoms with van der Waals surface area (Å²) < 4.78 is 21.2. The number of nitrogens with zero attached hydrogens (tertiary/aromatic N) is 17. The number of hydrogen-bond acceptors (Lipinski definition) is 21. The van der Waals surface area contributed by atoms with Gasteiger partial charge in [0.25, 0.3) is 16.7 Å². The zero-order valence-electron chi connectivity index (χ0n) is 70.0. The Morgan fingerprint density at radius 2 is 0.836 bits per heavy atom. The molecule has 2 amide bonds. The normalized spacial score (nSPS) is 13.5. The van der Waals surface area contributed by atoms with E-state index < -0.39 is 11.2 Å². The predicted octanol–water partition coefficient (Wildman–Crippen LogP) is 15.0. The third-order valence-corrected chi connectivity index (χ3v) is 20.2. The number of nitrogens with one attached hydrogen (secondary N) is 3. The number of nitrogens with two attached hydrogens (primary N) is 1. The molecule has 0 fully saturated rings. The van der Waals surface area contributed by atoms with Gasteiger partial charge in [0.15, 0.2) is 39.6 Å². The highest BCUT2D eigenvalue weighted by Crippen LogP contribution is 2.31. The second-order valence-electron chi connectivity index (χ2n) is 33.8. The molecule has 0 spiro atoms. The molecule has 612 valence electrons. The summed E-state index contributed by atoms with van der Waals surface area (Å²) in [5, 5.41) is 12.1. The van der Waals surface area contributed by atoms with Crippen LogP contribution in [0.4, 0.5) is 38.5 Å². The van der Waals surface area contributed by atoms with Crippen LogP contribution in [0.2, 0.25) is 0 Å². The highest BCUT2D eigenvalue weighted by Gasteiger charge is 2.30. The van der Waals surface area contributed by atoms with Crippen molar-refractivity contribution in [3.8, 4) is 17.5 Å². The predicted molar refractivity (Wildman–Crippen MR) is 461 cm³/mol. The Hall–Kier alpha value is -11.3. The number of fused-ring (bicyclic) bond motifs is 6. The number of amides is 2. The minimum Gasteiger partial charge on any atom is -0.444 e. The summed E-state index contributed by atoms with van der Waals surface area (Å²) in [7, 11) is 0. The molecule has 9 aromatic heterocycles. The van der Waals surface area contributed by atoms with Gasteiger partial charge in [-0.25, -0.2) is 72.6 Å². The lowest BCUT2D eigenvalue weighted by atomic mass is 9.92. The first-order valence-corrected chi connectivity index (χ1v) is 40.4. The van der Waals surface area contributed by atoms with Crippen LogP contribution < -0.4 is 38.4 Å². The van der Waals surface area contributed by atoms with Gasteiger partial charge < -0.3 is 41.0 Å². The van der Waals surface area contributed by atoms with Crippen molar-refractivity contribution >= 4 is 98.4 Å². The summed E-state index contributed by atoms with van der Waals surface area (Å²) in [6.07, 6.45) is 8.70. The van der Waals surface area contributed by atoms with Crippen molar-refractivity contribution in [3.05, 3.63) is 209 Å². The number of thioether (sulfide) groups is 1. The summed E-state index contributed by atoms with van der Waals surface area (Å²) in [4.78, 5) is 109. The number of benzene rings is 3. The first-order valence-electron chi connectivity index (χ1n) is 39.2. The molecule has 5 N–H and O–H groups in total. The molecule has 15 rings (SSSR count). The minimum absolute atomic E-state index is 0. The fourth-order valence-corrected chi connectivity index (χ4v) is 14.0. The molecule has 3 aliphatic rings. The molecule has 0 bridgehead atoms. The van der Waals surface area contributed by atoms with Crippen molar-refractivity contribution in [2.45, 2.75) is 216 Å².